The molecule has 1 N–H and O–H groups in total. The highest BCUT2D eigenvalue weighted by molar-refractivity contribution is 4.84. The van der Waals surface area contributed by atoms with Crippen molar-refractivity contribution in [2.45, 2.75) is 77.8 Å². The molecule has 0 bridgehead atoms. The zero-order chi connectivity index (χ0) is 13.7. The molecule has 0 aromatic heterocycles. The van der Waals surface area contributed by atoms with Crippen LogP contribution in [0, 0.1) is 11.8 Å². The fourth-order valence-corrected chi connectivity index (χ4v) is 3.86. The summed E-state index contributed by atoms with van der Waals surface area (Å²) < 4.78 is 0. The maximum atomic E-state index is 3.73. The average Bonchev–Trinajstić information content (AvgIpc) is 2.40. The molecule has 2 atom stereocenters. The largest absolute Gasteiger partial charge is 0.311 e. The Morgan fingerprint density at radius 1 is 1.16 bits per heavy atom. The van der Waals surface area contributed by atoms with E-state index < -0.39 is 0 Å². The Hall–Kier alpha value is -0.0800. The minimum atomic E-state index is 0.725. The van der Waals surface area contributed by atoms with E-state index >= 15 is 0 Å². The Morgan fingerprint density at radius 2 is 1.89 bits per heavy atom. The van der Waals surface area contributed by atoms with E-state index in [4.69, 9.17) is 0 Å². The van der Waals surface area contributed by atoms with E-state index in [1.807, 2.05) is 0 Å². The molecular weight excluding hydrogens is 232 g/mol. The van der Waals surface area contributed by atoms with Crippen molar-refractivity contribution in [1.82, 2.24) is 10.2 Å². The van der Waals surface area contributed by atoms with Gasteiger partial charge in [-0.2, -0.15) is 0 Å². The monoisotopic (exact) mass is 266 g/mol. The molecule has 1 aliphatic heterocycles. The topological polar surface area (TPSA) is 15.3 Å². The number of piperazine rings is 1. The van der Waals surface area contributed by atoms with Crippen molar-refractivity contribution < 1.29 is 0 Å². The van der Waals surface area contributed by atoms with Gasteiger partial charge in [-0.3, -0.25) is 4.90 Å². The summed E-state index contributed by atoms with van der Waals surface area (Å²) in [5, 5.41) is 3.73. The van der Waals surface area contributed by atoms with Gasteiger partial charge >= 0.3 is 0 Å². The van der Waals surface area contributed by atoms with Crippen LogP contribution in [-0.2, 0) is 0 Å². The van der Waals surface area contributed by atoms with Crippen molar-refractivity contribution in [1.29, 1.82) is 0 Å². The van der Waals surface area contributed by atoms with E-state index in [-0.39, 0.29) is 0 Å². The van der Waals surface area contributed by atoms with Gasteiger partial charge in [-0.15, -0.1) is 0 Å². The quantitative estimate of drug-likeness (QED) is 0.817. The minimum Gasteiger partial charge on any atom is -0.311 e. The maximum Gasteiger partial charge on any atom is 0.0198 e. The number of rotatable bonds is 5. The highest BCUT2D eigenvalue weighted by atomic mass is 15.2. The molecule has 19 heavy (non-hydrogen) atoms. The summed E-state index contributed by atoms with van der Waals surface area (Å²) >= 11 is 0. The highest BCUT2D eigenvalue weighted by Gasteiger charge is 2.25. The van der Waals surface area contributed by atoms with E-state index in [1.54, 1.807) is 0 Å². The van der Waals surface area contributed by atoms with Crippen molar-refractivity contribution in [3.63, 3.8) is 0 Å². The summed E-state index contributed by atoms with van der Waals surface area (Å²) in [6.45, 7) is 10.9. The first-order valence-electron chi connectivity index (χ1n) is 8.62. The zero-order valence-electron chi connectivity index (χ0n) is 13.3. The van der Waals surface area contributed by atoms with Crippen molar-refractivity contribution in [2.75, 3.05) is 19.6 Å². The first kappa shape index (κ1) is 15.3. The van der Waals surface area contributed by atoms with Crippen LogP contribution in [0.2, 0.25) is 0 Å². The standard InChI is InChI=1S/C17H34N2/c1-14(2)11-17-13-19(15(3)12-18-17)10-9-16-7-5-4-6-8-16/h14-18H,4-13H2,1-3H3. The van der Waals surface area contributed by atoms with Gasteiger partial charge in [0.1, 0.15) is 0 Å². The van der Waals surface area contributed by atoms with Crippen molar-refractivity contribution >= 4 is 0 Å². The van der Waals surface area contributed by atoms with Gasteiger partial charge in [0, 0.05) is 25.2 Å². The number of hydrogen-bond acceptors (Lipinski definition) is 2. The van der Waals surface area contributed by atoms with Gasteiger partial charge in [0.15, 0.2) is 0 Å². The van der Waals surface area contributed by atoms with Crippen LogP contribution >= 0.6 is 0 Å². The molecule has 0 spiro atoms. The van der Waals surface area contributed by atoms with Crippen LogP contribution in [0.25, 0.3) is 0 Å². The molecule has 2 rings (SSSR count). The normalized spacial score (nSPS) is 30.9. The molecule has 0 amide bonds. The Balaban J connectivity index is 1.73. The third kappa shape index (κ3) is 5.07. The summed E-state index contributed by atoms with van der Waals surface area (Å²) in [6, 6.07) is 1.45. The lowest BCUT2D eigenvalue weighted by atomic mass is 9.86. The van der Waals surface area contributed by atoms with E-state index in [9.17, 15) is 0 Å². The van der Waals surface area contributed by atoms with E-state index in [0.29, 0.717) is 0 Å². The minimum absolute atomic E-state index is 0.725. The molecule has 1 saturated carbocycles. The number of nitrogens with one attached hydrogen (secondary N) is 1. The highest BCUT2D eigenvalue weighted by Crippen LogP contribution is 2.27. The number of hydrogen-bond donors (Lipinski definition) is 1. The van der Waals surface area contributed by atoms with Crippen molar-refractivity contribution in [3.8, 4) is 0 Å². The lowest BCUT2D eigenvalue weighted by Crippen LogP contribution is -2.55. The molecule has 1 saturated heterocycles. The van der Waals surface area contributed by atoms with Crippen molar-refractivity contribution in [3.05, 3.63) is 0 Å². The van der Waals surface area contributed by atoms with E-state index in [2.05, 4.69) is 31.0 Å². The molecule has 1 heterocycles. The summed E-state index contributed by atoms with van der Waals surface area (Å²) in [4.78, 5) is 2.75. The zero-order valence-corrected chi connectivity index (χ0v) is 13.3. The second-order valence-electron chi connectivity index (χ2n) is 7.37. The van der Waals surface area contributed by atoms with Gasteiger partial charge in [0.05, 0.1) is 0 Å². The molecule has 0 aromatic carbocycles. The van der Waals surface area contributed by atoms with Crippen LogP contribution in [0.15, 0.2) is 0 Å². The van der Waals surface area contributed by atoms with Gasteiger partial charge in [-0.1, -0.05) is 46.0 Å². The molecule has 2 unspecified atom stereocenters. The predicted octanol–water partition coefficient (Wildman–Crippen LogP) is 3.67. The van der Waals surface area contributed by atoms with Crippen LogP contribution in [0.4, 0.5) is 0 Å². The van der Waals surface area contributed by atoms with Crippen LogP contribution in [0.5, 0.6) is 0 Å². The van der Waals surface area contributed by atoms with Gasteiger partial charge in [-0.25, -0.2) is 0 Å². The third-order valence-corrected chi connectivity index (χ3v) is 5.09. The Bertz CT molecular complexity index is 246. The van der Waals surface area contributed by atoms with Gasteiger partial charge in [0.2, 0.25) is 0 Å². The molecule has 0 aromatic rings. The summed E-state index contributed by atoms with van der Waals surface area (Å²) in [6.07, 6.45) is 10.2. The summed E-state index contributed by atoms with van der Waals surface area (Å²) in [7, 11) is 0. The lowest BCUT2D eigenvalue weighted by molar-refractivity contribution is 0.120. The van der Waals surface area contributed by atoms with Crippen LogP contribution in [-0.4, -0.2) is 36.6 Å². The molecule has 1 aliphatic carbocycles. The van der Waals surface area contributed by atoms with E-state index in [0.717, 1.165) is 23.9 Å². The first-order chi connectivity index (χ1) is 9.15. The predicted molar refractivity (Wildman–Crippen MR) is 83.5 cm³/mol. The van der Waals surface area contributed by atoms with Crippen LogP contribution in [0.3, 0.4) is 0 Å². The Labute approximate surface area is 120 Å². The second kappa shape index (κ2) is 7.64. The molecule has 112 valence electrons. The molecule has 2 fully saturated rings. The Morgan fingerprint density at radius 3 is 2.58 bits per heavy atom. The Kier molecular flexibility index (Phi) is 6.15. The van der Waals surface area contributed by atoms with Crippen LogP contribution < -0.4 is 5.32 Å². The van der Waals surface area contributed by atoms with Crippen LogP contribution in [0.1, 0.15) is 65.7 Å². The van der Waals surface area contributed by atoms with Gasteiger partial charge in [-0.05, 0) is 38.1 Å². The van der Waals surface area contributed by atoms with Gasteiger partial charge in [0.25, 0.3) is 0 Å². The summed E-state index contributed by atoms with van der Waals surface area (Å²) in [5.74, 6) is 1.84. The number of nitrogens with zero attached hydrogens (tertiary/aromatic N) is 1. The maximum absolute atomic E-state index is 3.73. The first-order valence-corrected chi connectivity index (χ1v) is 8.62. The second-order valence-corrected chi connectivity index (χ2v) is 7.37. The third-order valence-electron chi connectivity index (χ3n) is 5.09. The lowest BCUT2D eigenvalue weighted by Gasteiger charge is -2.40. The average molecular weight is 266 g/mol. The molecule has 2 nitrogen and oxygen atoms in total. The molecule has 0 radical (unpaired) electrons. The molecule has 2 aliphatic rings. The van der Waals surface area contributed by atoms with Crippen molar-refractivity contribution in [2.24, 2.45) is 11.8 Å². The molecular formula is C17H34N2. The fourth-order valence-electron chi connectivity index (χ4n) is 3.86. The molecule has 2 heteroatoms. The summed E-state index contributed by atoms with van der Waals surface area (Å²) in [5.41, 5.74) is 0. The van der Waals surface area contributed by atoms with Gasteiger partial charge < -0.3 is 5.32 Å². The van der Waals surface area contributed by atoms with E-state index in [1.165, 1.54) is 64.6 Å². The SMILES string of the molecule is CC(C)CC1CN(CCC2CCCCC2)C(C)CN1. The fraction of sp³-hybridized carbons (Fsp3) is 1.00. The smallest absolute Gasteiger partial charge is 0.0198 e.